The number of rotatable bonds is 8. The Morgan fingerprint density at radius 1 is 0.897 bits per heavy atom. The lowest BCUT2D eigenvalue weighted by atomic mass is 10.1. The summed E-state index contributed by atoms with van der Waals surface area (Å²) in [4.78, 5) is 4.41. The monoisotopic (exact) mass is 402 g/mol. The van der Waals surface area contributed by atoms with Crippen molar-refractivity contribution in [2.75, 3.05) is 7.11 Å². The Morgan fingerprint density at radius 3 is 2.48 bits per heavy atom. The smallest absolute Gasteiger partial charge is 0.191 e. The molecule has 0 N–H and O–H groups in total. The molecule has 0 unspecified atom stereocenters. The molecular weight excluding hydrogens is 380 g/mol. The molecule has 0 atom stereocenters. The summed E-state index contributed by atoms with van der Waals surface area (Å²) in [5, 5.41) is 9.88. The summed E-state index contributed by atoms with van der Waals surface area (Å²) in [6.45, 7) is 0.787. The van der Waals surface area contributed by atoms with Gasteiger partial charge in [0, 0.05) is 18.5 Å². The Kier molecular flexibility index (Phi) is 6.22. The van der Waals surface area contributed by atoms with E-state index in [2.05, 4.69) is 44.0 Å². The molecule has 0 saturated carbocycles. The number of benzene rings is 2. The molecule has 0 fully saturated rings. The summed E-state index contributed by atoms with van der Waals surface area (Å²) < 4.78 is 7.74. The molecule has 0 saturated heterocycles. The minimum absolute atomic E-state index is 0.746. The van der Waals surface area contributed by atoms with Crippen LogP contribution in [0.25, 0.3) is 11.4 Å². The van der Waals surface area contributed by atoms with Crippen LogP contribution < -0.4 is 4.74 Å². The largest absolute Gasteiger partial charge is 0.496 e. The number of pyridine rings is 1. The minimum Gasteiger partial charge on any atom is -0.496 e. The standard InChI is InChI=1S/C23H22N4OS/c1-28-21-13-6-5-12-20(21)22-25-26-23(29-17-19-11-7-8-15-24-19)27(22)16-14-18-9-3-2-4-10-18/h2-13,15H,14,16-17H2,1H3. The summed E-state index contributed by atoms with van der Waals surface area (Å²) in [6.07, 6.45) is 2.72. The molecule has 0 radical (unpaired) electrons. The number of nitrogens with zero attached hydrogens (tertiary/aromatic N) is 4. The molecule has 0 spiro atoms. The maximum Gasteiger partial charge on any atom is 0.191 e. The van der Waals surface area contributed by atoms with E-state index < -0.39 is 0 Å². The van der Waals surface area contributed by atoms with Crippen LogP contribution in [-0.2, 0) is 18.7 Å². The zero-order valence-corrected chi connectivity index (χ0v) is 17.0. The molecule has 2 heterocycles. The average Bonchev–Trinajstić information content (AvgIpc) is 3.20. The molecule has 6 heteroatoms. The third-order valence-electron chi connectivity index (χ3n) is 4.61. The second kappa shape index (κ2) is 9.39. The van der Waals surface area contributed by atoms with Crippen LogP contribution >= 0.6 is 11.8 Å². The van der Waals surface area contributed by atoms with Crippen LogP contribution in [0.4, 0.5) is 0 Å². The van der Waals surface area contributed by atoms with Gasteiger partial charge in [0.1, 0.15) is 5.75 Å². The van der Waals surface area contributed by atoms with Crippen molar-refractivity contribution in [2.45, 2.75) is 23.9 Å². The Bertz CT molecular complexity index is 1050. The molecule has 0 aliphatic carbocycles. The van der Waals surface area contributed by atoms with Gasteiger partial charge in [0.05, 0.1) is 18.4 Å². The van der Waals surface area contributed by atoms with E-state index in [4.69, 9.17) is 4.74 Å². The van der Waals surface area contributed by atoms with E-state index in [0.717, 1.165) is 46.7 Å². The Balaban J connectivity index is 1.64. The van der Waals surface area contributed by atoms with E-state index in [1.807, 2.05) is 54.7 Å². The number of aryl methyl sites for hydroxylation is 1. The molecule has 0 aliphatic heterocycles. The fraction of sp³-hybridized carbons (Fsp3) is 0.174. The third kappa shape index (κ3) is 4.66. The first-order valence-corrected chi connectivity index (χ1v) is 10.5. The molecule has 0 bridgehead atoms. The molecule has 2 aromatic carbocycles. The minimum atomic E-state index is 0.746. The van der Waals surface area contributed by atoms with Gasteiger partial charge in [-0.15, -0.1) is 10.2 Å². The molecule has 2 aromatic heterocycles. The van der Waals surface area contributed by atoms with Gasteiger partial charge in [-0.25, -0.2) is 0 Å². The molecule has 5 nitrogen and oxygen atoms in total. The highest BCUT2D eigenvalue weighted by molar-refractivity contribution is 7.98. The van der Waals surface area contributed by atoms with Crippen molar-refractivity contribution in [3.05, 3.63) is 90.3 Å². The zero-order valence-electron chi connectivity index (χ0n) is 16.2. The summed E-state index contributed by atoms with van der Waals surface area (Å²) in [7, 11) is 1.68. The first-order valence-electron chi connectivity index (χ1n) is 9.48. The van der Waals surface area contributed by atoms with Crippen molar-refractivity contribution in [2.24, 2.45) is 0 Å². The summed E-state index contributed by atoms with van der Waals surface area (Å²) in [5.41, 5.74) is 3.25. The average molecular weight is 403 g/mol. The van der Waals surface area contributed by atoms with Crippen molar-refractivity contribution in [3.8, 4) is 17.1 Å². The second-order valence-electron chi connectivity index (χ2n) is 6.50. The number of para-hydroxylation sites is 1. The highest BCUT2D eigenvalue weighted by Gasteiger charge is 2.17. The highest BCUT2D eigenvalue weighted by atomic mass is 32.2. The van der Waals surface area contributed by atoms with Gasteiger partial charge in [-0.1, -0.05) is 60.3 Å². The number of hydrogen-bond donors (Lipinski definition) is 0. The van der Waals surface area contributed by atoms with Crippen molar-refractivity contribution in [1.82, 2.24) is 19.7 Å². The van der Waals surface area contributed by atoms with Gasteiger partial charge in [-0.2, -0.15) is 0 Å². The van der Waals surface area contributed by atoms with Crippen molar-refractivity contribution < 1.29 is 4.74 Å². The molecule has 29 heavy (non-hydrogen) atoms. The lowest BCUT2D eigenvalue weighted by Gasteiger charge is -2.12. The van der Waals surface area contributed by atoms with Gasteiger partial charge in [0.15, 0.2) is 11.0 Å². The molecule has 0 amide bonds. The molecular formula is C23H22N4OS. The molecule has 146 valence electrons. The summed E-state index contributed by atoms with van der Waals surface area (Å²) in [5.74, 6) is 2.36. The van der Waals surface area contributed by atoms with Crippen LogP contribution in [0.2, 0.25) is 0 Å². The fourth-order valence-electron chi connectivity index (χ4n) is 3.13. The van der Waals surface area contributed by atoms with Crippen LogP contribution in [0, 0.1) is 0 Å². The van der Waals surface area contributed by atoms with Gasteiger partial charge < -0.3 is 9.30 Å². The van der Waals surface area contributed by atoms with E-state index in [-0.39, 0.29) is 0 Å². The normalized spacial score (nSPS) is 10.8. The van der Waals surface area contributed by atoms with E-state index >= 15 is 0 Å². The highest BCUT2D eigenvalue weighted by Crippen LogP contribution is 2.31. The Morgan fingerprint density at radius 2 is 1.69 bits per heavy atom. The van der Waals surface area contributed by atoms with Crippen LogP contribution in [0.3, 0.4) is 0 Å². The topological polar surface area (TPSA) is 52.8 Å². The lowest BCUT2D eigenvalue weighted by molar-refractivity contribution is 0.415. The predicted molar refractivity (Wildman–Crippen MR) is 116 cm³/mol. The Hall–Kier alpha value is -3.12. The second-order valence-corrected chi connectivity index (χ2v) is 7.45. The number of aromatic nitrogens is 4. The number of ether oxygens (including phenoxy) is 1. The van der Waals surface area contributed by atoms with Gasteiger partial charge in [0.25, 0.3) is 0 Å². The number of hydrogen-bond acceptors (Lipinski definition) is 5. The summed E-state index contributed by atoms with van der Waals surface area (Å²) >= 11 is 1.65. The van der Waals surface area contributed by atoms with Gasteiger partial charge in [0.2, 0.25) is 0 Å². The van der Waals surface area contributed by atoms with Gasteiger partial charge in [-0.3, -0.25) is 4.98 Å². The quantitative estimate of drug-likeness (QED) is 0.393. The van der Waals surface area contributed by atoms with E-state index in [1.54, 1.807) is 18.9 Å². The fourth-order valence-corrected chi connectivity index (χ4v) is 4.01. The first-order chi connectivity index (χ1) is 14.3. The van der Waals surface area contributed by atoms with Gasteiger partial charge in [-0.05, 0) is 36.2 Å². The predicted octanol–water partition coefficient (Wildman–Crippen LogP) is 4.88. The maximum absolute atomic E-state index is 5.56. The molecule has 0 aliphatic rings. The van der Waals surface area contributed by atoms with Crippen LogP contribution in [0.15, 0.2) is 84.1 Å². The van der Waals surface area contributed by atoms with E-state index in [9.17, 15) is 0 Å². The number of thioether (sulfide) groups is 1. The third-order valence-corrected chi connectivity index (χ3v) is 5.61. The number of methoxy groups -OCH3 is 1. The molecule has 4 aromatic rings. The van der Waals surface area contributed by atoms with Crippen LogP contribution in [-0.4, -0.2) is 26.9 Å². The van der Waals surface area contributed by atoms with Crippen molar-refractivity contribution >= 4 is 11.8 Å². The summed E-state index contributed by atoms with van der Waals surface area (Å²) in [6, 6.07) is 24.4. The SMILES string of the molecule is COc1ccccc1-c1nnc(SCc2ccccn2)n1CCc1ccccc1. The van der Waals surface area contributed by atoms with E-state index in [1.165, 1.54) is 5.56 Å². The maximum atomic E-state index is 5.56. The zero-order chi connectivity index (χ0) is 19.9. The Labute approximate surface area is 174 Å². The first kappa shape index (κ1) is 19.2. The van der Waals surface area contributed by atoms with Crippen molar-refractivity contribution in [1.29, 1.82) is 0 Å². The molecule has 4 rings (SSSR count). The van der Waals surface area contributed by atoms with Crippen LogP contribution in [0.1, 0.15) is 11.3 Å². The van der Waals surface area contributed by atoms with Crippen molar-refractivity contribution in [3.63, 3.8) is 0 Å². The lowest BCUT2D eigenvalue weighted by Crippen LogP contribution is -2.06. The van der Waals surface area contributed by atoms with E-state index in [0.29, 0.717) is 0 Å². The van der Waals surface area contributed by atoms with Crippen LogP contribution in [0.5, 0.6) is 5.75 Å². The van der Waals surface area contributed by atoms with Gasteiger partial charge >= 0.3 is 0 Å².